The van der Waals surface area contributed by atoms with Crippen LogP contribution in [0.1, 0.15) is 12.8 Å². The lowest BCUT2D eigenvalue weighted by atomic mass is 10.3. The first-order chi connectivity index (χ1) is 6.60. The van der Waals surface area contributed by atoms with Crippen molar-refractivity contribution in [1.82, 2.24) is 5.01 Å². The average molecular weight is 202 g/mol. The molecule has 0 spiro atoms. The fourth-order valence-electron chi connectivity index (χ4n) is 0.831. The topological polar surface area (TPSA) is 108 Å². The predicted octanol–water partition coefficient (Wildman–Crippen LogP) is -1.13. The highest BCUT2D eigenvalue weighted by Crippen LogP contribution is 1.94. The molecule has 0 aliphatic heterocycles. The molecular formula is C8H18N4O2. The number of carbonyl (C=O) groups excluding carboxylic acids is 1. The van der Waals surface area contributed by atoms with Gasteiger partial charge in [-0.2, -0.15) is 0 Å². The molecule has 0 atom stereocenters. The second kappa shape index (κ2) is 7.16. The standard InChI is InChI=1S/C8H18N4O2/c1-14-8(13)3-5-12(11)6-7(10)2-4-9/h6H,2-5,9-11H2,1H3/b7-6-. The second-order valence-electron chi connectivity index (χ2n) is 2.81. The van der Waals surface area contributed by atoms with Crippen LogP contribution in [0.5, 0.6) is 0 Å². The summed E-state index contributed by atoms with van der Waals surface area (Å²) in [7, 11) is 1.34. The van der Waals surface area contributed by atoms with Gasteiger partial charge in [-0.15, -0.1) is 0 Å². The minimum atomic E-state index is -0.300. The number of ether oxygens (including phenoxy) is 1. The number of methoxy groups -OCH3 is 1. The normalized spacial score (nSPS) is 11.2. The molecule has 0 bridgehead atoms. The van der Waals surface area contributed by atoms with Crippen molar-refractivity contribution in [2.45, 2.75) is 12.8 Å². The molecule has 0 saturated carbocycles. The maximum absolute atomic E-state index is 10.8. The minimum Gasteiger partial charge on any atom is -0.469 e. The van der Waals surface area contributed by atoms with Crippen LogP contribution in [0.4, 0.5) is 0 Å². The van der Waals surface area contributed by atoms with E-state index in [-0.39, 0.29) is 12.4 Å². The van der Waals surface area contributed by atoms with Gasteiger partial charge in [0.2, 0.25) is 0 Å². The van der Waals surface area contributed by atoms with Crippen LogP contribution in [0.15, 0.2) is 11.9 Å². The number of nitrogens with two attached hydrogens (primary N) is 3. The zero-order valence-corrected chi connectivity index (χ0v) is 8.40. The fourth-order valence-corrected chi connectivity index (χ4v) is 0.831. The molecule has 0 amide bonds. The Kier molecular flexibility index (Phi) is 6.51. The predicted molar refractivity (Wildman–Crippen MR) is 53.5 cm³/mol. The summed E-state index contributed by atoms with van der Waals surface area (Å²) in [6.07, 6.45) is 2.39. The highest BCUT2D eigenvalue weighted by Gasteiger charge is 2.02. The molecule has 6 heteroatoms. The fraction of sp³-hybridized carbons (Fsp3) is 0.625. The Bertz CT molecular complexity index is 206. The summed E-state index contributed by atoms with van der Waals surface area (Å²) in [4.78, 5) is 10.8. The van der Waals surface area contributed by atoms with Crippen LogP contribution in [-0.4, -0.2) is 31.2 Å². The molecule has 0 fully saturated rings. The summed E-state index contributed by atoms with van der Waals surface area (Å²) in [5.41, 5.74) is 11.5. The van der Waals surface area contributed by atoms with E-state index >= 15 is 0 Å². The maximum Gasteiger partial charge on any atom is 0.307 e. The third-order valence-electron chi connectivity index (χ3n) is 1.57. The summed E-state index contributed by atoms with van der Waals surface area (Å²) in [6.45, 7) is 0.852. The van der Waals surface area contributed by atoms with E-state index in [1.807, 2.05) is 0 Å². The largest absolute Gasteiger partial charge is 0.469 e. The molecule has 0 saturated heterocycles. The average Bonchev–Trinajstić information content (AvgIpc) is 2.14. The third kappa shape index (κ3) is 6.27. The van der Waals surface area contributed by atoms with Gasteiger partial charge in [-0.3, -0.25) is 4.79 Å². The first-order valence-electron chi connectivity index (χ1n) is 4.34. The molecule has 0 aliphatic rings. The first kappa shape index (κ1) is 12.7. The Morgan fingerprint density at radius 2 is 2.14 bits per heavy atom. The molecule has 0 aromatic heterocycles. The Labute approximate surface area is 83.6 Å². The molecule has 0 rings (SSSR count). The molecular weight excluding hydrogens is 184 g/mol. The smallest absolute Gasteiger partial charge is 0.307 e. The van der Waals surface area contributed by atoms with Gasteiger partial charge >= 0.3 is 5.97 Å². The molecule has 0 heterocycles. The van der Waals surface area contributed by atoms with Gasteiger partial charge in [-0.25, -0.2) is 5.84 Å². The van der Waals surface area contributed by atoms with Gasteiger partial charge in [0.05, 0.1) is 13.5 Å². The van der Waals surface area contributed by atoms with Crippen molar-refractivity contribution in [2.75, 3.05) is 20.2 Å². The van der Waals surface area contributed by atoms with Crippen molar-refractivity contribution in [3.8, 4) is 0 Å². The van der Waals surface area contributed by atoms with Gasteiger partial charge in [0, 0.05) is 24.9 Å². The third-order valence-corrected chi connectivity index (χ3v) is 1.57. The van der Waals surface area contributed by atoms with Gasteiger partial charge in [-0.05, 0) is 6.54 Å². The summed E-state index contributed by atoms with van der Waals surface area (Å²) in [5, 5.41) is 1.35. The zero-order chi connectivity index (χ0) is 11.0. The van der Waals surface area contributed by atoms with Crippen LogP contribution in [0, 0.1) is 0 Å². The van der Waals surface area contributed by atoms with E-state index in [2.05, 4.69) is 4.74 Å². The molecule has 0 radical (unpaired) electrons. The maximum atomic E-state index is 10.8. The van der Waals surface area contributed by atoms with E-state index in [1.54, 1.807) is 6.20 Å². The summed E-state index contributed by atoms with van der Waals surface area (Å²) in [5.74, 6) is 5.24. The van der Waals surface area contributed by atoms with Crippen LogP contribution in [0.2, 0.25) is 0 Å². The lowest BCUT2D eigenvalue weighted by molar-refractivity contribution is -0.140. The molecule has 0 unspecified atom stereocenters. The molecule has 6 N–H and O–H groups in total. The van der Waals surface area contributed by atoms with Gasteiger partial charge < -0.3 is 21.2 Å². The van der Waals surface area contributed by atoms with E-state index in [0.717, 1.165) is 0 Å². The number of rotatable bonds is 6. The van der Waals surface area contributed by atoms with E-state index < -0.39 is 0 Å². The van der Waals surface area contributed by atoms with Crippen molar-refractivity contribution in [3.05, 3.63) is 11.9 Å². The SMILES string of the molecule is COC(=O)CCN(N)/C=C(\N)CCN. The molecule has 0 aromatic carbocycles. The molecule has 82 valence electrons. The lowest BCUT2D eigenvalue weighted by Gasteiger charge is -2.13. The van der Waals surface area contributed by atoms with Crippen LogP contribution in [0.25, 0.3) is 0 Å². The molecule has 0 aromatic rings. The number of hydrogen-bond acceptors (Lipinski definition) is 6. The molecule has 6 nitrogen and oxygen atoms in total. The summed E-state index contributed by atoms with van der Waals surface area (Å²) < 4.78 is 4.46. The highest BCUT2D eigenvalue weighted by atomic mass is 16.5. The number of esters is 1. The number of carbonyl (C=O) groups is 1. The van der Waals surface area contributed by atoms with E-state index in [0.29, 0.717) is 25.2 Å². The number of hydrazine groups is 1. The van der Waals surface area contributed by atoms with Crippen molar-refractivity contribution in [1.29, 1.82) is 0 Å². The van der Waals surface area contributed by atoms with Crippen molar-refractivity contribution in [2.24, 2.45) is 17.3 Å². The minimum absolute atomic E-state index is 0.236. The summed E-state index contributed by atoms with van der Waals surface area (Å²) >= 11 is 0. The van der Waals surface area contributed by atoms with Gasteiger partial charge in [0.1, 0.15) is 0 Å². The van der Waals surface area contributed by atoms with Crippen molar-refractivity contribution < 1.29 is 9.53 Å². The molecule has 14 heavy (non-hydrogen) atoms. The Morgan fingerprint density at radius 1 is 1.50 bits per heavy atom. The van der Waals surface area contributed by atoms with Gasteiger partial charge in [0.15, 0.2) is 0 Å². The number of nitrogens with zero attached hydrogens (tertiary/aromatic N) is 1. The quantitative estimate of drug-likeness (QED) is 0.286. The molecule has 0 aliphatic carbocycles. The lowest BCUT2D eigenvalue weighted by Crippen LogP contribution is -2.29. The zero-order valence-electron chi connectivity index (χ0n) is 8.40. The van der Waals surface area contributed by atoms with Crippen LogP contribution in [-0.2, 0) is 9.53 Å². The number of hydrogen-bond donors (Lipinski definition) is 3. The van der Waals surface area contributed by atoms with Gasteiger partial charge in [-0.1, -0.05) is 0 Å². The summed E-state index contributed by atoms with van der Waals surface area (Å²) in [6, 6.07) is 0. The van der Waals surface area contributed by atoms with E-state index in [4.69, 9.17) is 17.3 Å². The van der Waals surface area contributed by atoms with Crippen LogP contribution < -0.4 is 17.3 Å². The monoisotopic (exact) mass is 202 g/mol. The Morgan fingerprint density at radius 3 is 2.64 bits per heavy atom. The Hall–Kier alpha value is -1.27. The van der Waals surface area contributed by atoms with Crippen molar-refractivity contribution >= 4 is 5.97 Å². The van der Waals surface area contributed by atoms with E-state index in [9.17, 15) is 4.79 Å². The van der Waals surface area contributed by atoms with Crippen LogP contribution in [0.3, 0.4) is 0 Å². The van der Waals surface area contributed by atoms with E-state index in [1.165, 1.54) is 12.1 Å². The van der Waals surface area contributed by atoms with Gasteiger partial charge in [0.25, 0.3) is 0 Å². The Balaban J connectivity index is 3.79. The first-order valence-corrected chi connectivity index (χ1v) is 4.34. The van der Waals surface area contributed by atoms with Crippen molar-refractivity contribution in [3.63, 3.8) is 0 Å². The second-order valence-corrected chi connectivity index (χ2v) is 2.81. The van der Waals surface area contributed by atoms with Crippen LogP contribution >= 0.6 is 0 Å². The highest BCUT2D eigenvalue weighted by molar-refractivity contribution is 5.69.